The van der Waals surface area contributed by atoms with Gasteiger partial charge in [0.15, 0.2) is 11.5 Å². The van der Waals surface area contributed by atoms with Crippen molar-refractivity contribution in [1.82, 2.24) is 14.9 Å². The van der Waals surface area contributed by atoms with Gasteiger partial charge in [-0.3, -0.25) is 9.69 Å². The van der Waals surface area contributed by atoms with Crippen LogP contribution in [0.2, 0.25) is 0 Å². The SMILES string of the molecule is CCN(Cc1nc2ccsc2c(=O)[nH]1)CC1COc2ccccc2O1. The molecule has 1 N–H and O–H groups in total. The predicted molar refractivity (Wildman–Crippen MR) is 97.5 cm³/mol. The van der Waals surface area contributed by atoms with Gasteiger partial charge in [-0.1, -0.05) is 19.1 Å². The lowest BCUT2D eigenvalue weighted by Crippen LogP contribution is -2.41. The topological polar surface area (TPSA) is 67.5 Å². The van der Waals surface area contributed by atoms with Crippen LogP contribution in [0.1, 0.15) is 12.7 Å². The molecule has 1 aliphatic rings. The molecule has 0 amide bonds. The molecule has 1 atom stereocenters. The summed E-state index contributed by atoms with van der Waals surface area (Å²) < 4.78 is 12.5. The van der Waals surface area contributed by atoms with E-state index < -0.39 is 0 Å². The van der Waals surface area contributed by atoms with Gasteiger partial charge >= 0.3 is 0 Å². The Morgan fingerprint density at radius 2 is 2.16 bits per heavy atom. The maximum absolute atomic E-state index is 12.1. The first-order valence-corrected chi connectivity index (χ1v) is 9.18. The number of rotatable bonds is 5. The second-order valence-electron chi connectivity index (χ2n) is 5.97. The standard InChI is InChI=1S/C18H19N3O3S/c1-2-21(9-12-11-23-14-5-3-4-6-15(14)24-12)10-16-19-13-7-8-25-17(13)18(22)20-16/h3-8,12H,2,9-11H2,1H3,(H,19,20,22). The van der Waals surface area contributed by atoms with Crippen LogP contribution in [0.3, 0.4) is 0 Å². The highest BCUT2D eigenvalue weighted by Gasteiger charge is 2.23. The van der Waals surface area contributed by atoms with Crippen molar-refractivity contribution in [1.29, 1.82) is 0 Å². The van der Waals surface area contributed by atoms with Gasteiger partial charge in [0.25, 0.3) is 5.56 Å². The zero-order valence-electron chi connectivity index (χ0n) is 13.9. The number of aromatic amines is 1. The van der Waals surface area contributed by atoms with Gasteiger partial charge in [0, 0.05) is 6.54 Å². The third-order valence-corrected chi connectivity index (χ3v) is 5.12. The number of fused-ring (bicyclic) bond motifs is 2. The van der Waals surface area contributed by atoms with Crippen LogP contribution < -0.4 is 15.0 Å². The molecule has 130 valence electrons. The Balaban J connectivity index is 1.46. The molecule has 0 radical (unpaired) electrons. The first-order chi connectivity index (χ1) is 12.2. The van der Waals surface area contributed by atoms with Crippen molar-refractivity contribution in [2.45, 2.75) is 19.6 Å². The lowest BCUT2D eigenvalue weighted by Gasteiger charge is -2.30. The molecule has 1 aromatic carbocycles. The van der Waals surface area contributed by atoms with Crippen LogP contribution in [0.15, 0.2) is 40.5 Å². The molecule has 0 bridgehead atoms. The summed E-state index contributed by atoms with van der Waals surface area (Å²) in [6.07, 6.45) is -0.0496. The average molecular weight is 357 g/mol. The molecule has 0 spiro atoms. The van der Waals surface area contributed by atoms with Crippen molar-refractivity contribution in [3.05, 3.63) is 51.9 Å². The number of hydrogen-bond donors (Lipinski definition) is 1. The average Bonchev–Trinajstić information content (AvgIpc) is 3.10. The largest absolute Gasteiger partial charge is 0.486 e. The summed E-state index contributed by atoms with van der Waals surface area (Å²) in [5.74, 6) is 2.24. The van der Waals surface area contributed by atoms with E-state index in [2.05, 4.69) is 21.8 Å². The summed E-state index contributed by atoms with van der Waals surface area (Å²) in [6, 6.07) is 9.58. The maximum Gasteiger partial charge on any atom is 0.268 e. The summed E-state index contributed by atoms with van der Waals surface area (Å²) in [5.41, 5.74) is 0.684. The van der Waals surface area contributed by atoms with Gasteiger partial charge in [-0.2, -0.15) is 0 Å². The summed E-state index contributed by atoms with van der Waals surface area (Å²) in [7, 11) is 0. The Hall–Kier alpha value is -2.38. The van der Waals surface area contributed by atoms with Crippen molar-refractivity contribution in [2.75, 3.05) is 19.7 Å². The molecule has 25 heavy (non-hydrogen) atoms. The molecule has 0 aliphatic carbocycles. The highest BCUT2D eigenvalue weighted by molar-refractivity contribution is 7.17. The lowest BCUT2D eigenvalue weighted by atomic mass is 10.2. The zero-order valence-corrected chi connectivity index (χ0v) is 14.7. The number of para-hydroxylation sites is 2. The fourth-order valence-electron chi connectivity index (χ4n) is 2.95. The maximum atomic E-state index is 12.1. The Morgan fingerprint density at radius 1 is 1.32 bits per heavy atom. The van der Waals surface area contributed by atoms with Gasteiger partial charge in [-0.15, -0.1) is 11.3 Å². The van der Waals surface area contributed by atoms with E-state index in [1.165, 1.54) is 11.3 Å². The highest BCUT2D eigenvalue weighted by atomic mass is 32.1. The summed E-state index contributed by atoms with van der Waals surface area (Å²) in [4.78, 5) is 21.7. The van der Waals surface area contributed by atoms with Crippen LogP contribution in [0.25, 0.3) is 10.2 Å². The summed E-state index contributed by atoms with van der Waals surface area (Å²) in [6.45, 7) is 4.70. The van der Waals surface area contributed by atoms with E-state index in [1.54, 1.807) is 0 Å². The van der Waals surface area contributed by atoms with Gasteiger partial charge in [0.05, 0.1) is 12.1 Å². The molecule has 4 rings (SSSR count). The minimum absolute atomic E-state index is 0.0496. The van der Waals surface area contributed by atoms with E-state index in [4.69, 9.17) is 9.47 Å². The van der Waals surface area contributed by atoms with Crippen LogP contribution >= 0.6 is 11.3 Å². The Bertz CT molecular complexity index is 936. The van der Waals surface area contributed by atoms with Crippen LogP contribution in [0.4, 0.5) is 0 Å². The monoisotopic (exact) mass is 357 g/mol. The molecule has 2 aromatic heterocycles. The fourth-order valence-corrected chi connectivity index (χ4v) is 3.68. The van der Waals surface area contributed by atoms with E-state index >= 15 is 0 Å². The number of likely N-dealkylation sites (N-methyl/N-ethyl adjacent to an activating group) is 1. The smallest absolute Gasteiger partial charge is 0.268 e. The van der Waals surface area contributed by atoms with Crippen LogP contribution in [0.5, 0.6) is 11.5 Å². The predicted octanol–water partition coefficient (Wildman–Crippen LogP) is 2.65. The Kier molecular flexibility index (Phi) is 4.42. The lowest BCUT2D eigenvalue weighted by molar-refractivity contribution is 0.0573. The number of aromatic nitrogens is 2. The first-order valence-electron chi connectivity index (χ1n) is 8.30. The summed E-state index contributed by atoms with van der Waals surface area (Å²) >= 11 is 1.41. The van der Waals surface area contributed by atoms with Crippen molar-refractivity contribution < 1.29 is 9.47 Å². The second-order valence-corrected chi connectivity index (χ2v) is 6.89. The number of benzene rings is 1. The summed E-state index contributed by atoms with van der Waals surface area (Å²) in [5, 5.41) is 1.89. The molecule has 1 unspecified atom stereocenters. The number of nitrogens with zero attached hydrogens (tertiary/aromatic N) is 2. The first kappa shape index (κ1) is 16.1. The Labute approximate surface area is 149 Å². The van der Waals surface area contributed by atoms with E-state index in [0.717, 1.165) is 23.6 Å². The quantitative estimate of drug-likeness (QED) is 0.760. The number of H-pyrrole nitrogens is 1. The molecular formula is C18H19N3O3S. The van der Waals surface area contributed by atoms with Gasteiger partial charge in [0.1, 0.15) is 23.2 Å². The van der Waals surface area contributed by atoms with Crippen LogP contribution in [-0.2, 0) is 6.54 Å². The van der Waals surface area contributed by atoms with Crippen LogP contribution in [0, 0.1) is 0 Å². The molecule has 3 heterocycles. The minimum atomic E-state index is -0.0720. The van der Waals surface area contributed by atoms with Gasteiger partial charge < -0.3 is 14.5 Å². The van der Waals surface area contributed by atoms with Crippen molar-refractivity contribution in [3.8, 4) is 11.5 Å². The van der Waals surface area contributed by atoms with Crippen LogP contribution in [-0.4, -0.2) is 40.7 Å². The molecule has 6 nitrogen and oxygen atoms in total. The fraction of sp³-hybridized carbons (Fsp3) is 0.333. The second kappa shape index (κ2) is 6.85. The number of hydrogen-bond acceptors (Lipinski definition) is 6. The molecule has 0 saturated heterocycles. The molecule has 0 fully saturated rings. The third kappa shape index (κ3) is 3.38. The van der Waals surface area contributed by atoms with Crippen molar-refractivity contribution in [2.24, 2.45) is 0 Å². The molecule has 3 aromatic rings. The van der Waals surface area contributed by atoms with E-state index in [1.807, 2.05) is 35.7 Å². The van der Waals surface area contributed by atoms with E-state index in [9.17, 15) is 4.79 Å². The zero-order chi connectivity index (χ0) is 17.2. The Morgan fingerprint density at radius 3 is 3.00 bits per heavy atom. The van der Waals surface area contributed by atoms with E-state index in [-0.39, 0.29) is 11.7 Å². The van der Waals surface area contributed by atoms with Crippen molar-refractivity contribution in [3.63, 3.8) is 0 Å². The van der Waals surface area contributed by atoms with Gasteiger partial charge in [-0.25, -0.2) is 4.98 Å². The molecule has 7 heteroatoms. The molecular weight excluding hydrogens is 338 g/mol. The molecule has 1 aliphatic heterocycles. The minimum Gasteiger partial charge on any atom is -0.486 e. The number of thiophene rings is 1. The van der Waals surface area contributed by atoms with Crippen molar-refractivity contribution >= 4 is 21.6 Å². The van der Waals surface area contributed by atoms with Gasteiger partial charge in [0.2, 0.25) is 0 Å². The molecule has 0 saturated carbocycles. The number of ether oxygens (including phenoxy) is 2. The van der Waals surface area contributed by atoms with Gasteiger partial charge in [-0.05, 0) is 30.1 Å². The normalized spacial score (nSPS) is 16.5. The van der Waals surface area contributed by atoms with E-state index in [0.29, 0.717) is 30.2 Å². The highest BCUT2D eigenvalue weighted by Crippen LogP contribution is 2.31. The number of nitrogens with one attached hydrogen (secondary N) is 1. The third-order valence-electron chi connectivity index (χ3n) is 4.21.